The molecule has 1 aromatic rings. The Labute approximate surface area is 116 Å². The first-order valence-corrected chi connectivity index (χ1v) is 7.10. The third kappa shape index (κ3) is 2.45. The van der Waals surface area contributed by atoms with Gasteiger partial charge in [0.05, 0.1) is 0 Å². The zero-order valence-electron chi connectivity index (χ0n) is 10.5. The van der Waals surface area contributed by atoms with Crippen LogP contribution in [0.5, 0.6) is 0 Å². The lowest BCUT2D eigenvalue weighted by molar-refractivity contribution is -0.150. The Morgan fingerprint density at radius 1 is 1.56 bits per heavy atom. The fraction of sp³-hybridized carbons (Fsp3) is 0.500. The number of benzene rings is 1. The van der Waals surface area contributed by atoms with Crippen molar-refractivity contribution in [1.29, 1.82) is 0 Å². The number of halogens is 1. The second-order valence-corrected chi connectivity index (χ2v) is 5.76. The largest absolute Gasteiger partial charge is 0.480 e. The Balaban J connectivity index is 2.20. The monoisotopic (exact) mass is 311 g/mol. The number of aliphatic carboxylic acids is 1. The molecule has 0 aromatic heterocycles. The number of carboxylic acids is 1. The predicted molar refractivity (Wildman–Crippen MR) is 74.4 cm³/mol. The molecule has 0 spiro atoms. The molecule has 1 atom stereocenters. The van der Waals surface area contributed by atoms with Crippen LogP contribution in [0.4, 0.5) is 0 Å². The number of hydrogen-bond donors (Lipinski definition) is 1. The molecule has 1 aromatic carbocycles. The van der Waals surface area contributed by atoms with Crippen LogP contribution in [0.25, 0.3) is 0 Å². The normalized spacial score (nSPS) is 24.3. The molecular weight excluding hydrogens is 294 g/mol. The Bertz CT molecular complexity index is 449. The summed E-state index contributed by atoms with van der Waals surface area (Å²) in [6.07, 6.45) is 2.39. The highest BCUT2D eigenvalue weighted by Crippen LogP contribution is 2.34. The van der Waals surface area contributed by atoms with Gasteiger partial charge in [-0.1, -0.05) is 35.0 Å². The van der Waals surface area contributed by atoms with Crippen LogP contribution in [-0.4, -0.2) is 28.1 Å². The maximum absolute atomic E-state index is 11.6. The first-order valence-electron chi connectivity index (χ1n) is 6.31. The van der Waals surface area contributed by atoms with Crippen LogP contribution >= 0.6 is 15.9 Å². The van der Waals surface area contributed by atoms with E-state index in [9.17, 15) is 9.90 Å². The van der Waals surface area contributed by atoms with E-state index in [-0.39, 0.29) is 0 Å². The van der Waals surface area contributed by atoms with Crippen LogP contribution in [0.3, 0.4) is 0 Å². The molecule has 18 heavy (non-hydrogen) atoms. The van der Waals surface area contributed by atoms with Crippen LogP contribution in [0.15, 0.2) is 28.7 Å². The molecule has 0 amide bonds. The van der Waals surface area contributed by atoms with Crippen LogP contribution in [0, 0.1) is 0 Å². The van der Waals surface area contributed by atoms with E-state index in [0.717, 1.165) is 29.4 Å². The summed E-state index contributed by atoms with van der Waals surface area (Å²) in [5, 5.41) is 9.52. The van der Waals surface area contributed by atoms with Gasteiger partial charge >= 0.3 is 5.97 Å². The van der Waals surface area contributed by atoms with Crippen LogP contribution < -0.4 is 0 Å². The summed E-state index contributed by atoms with van der Waals surface area (Å²) in [5.41, 5.74) is 0.493. The SMILES string of the molecule is CCC1(C(=O)O)CCCN1Cc1cccc(Br)c1. The third-order valence-corrected chi connectivity index (χ3v) is 4.36. The van der Waals surface area contributed by atoms with Crippen LogP contribution in [-0.2, 0) is 11.3 Å². The first-order chi connectivity index (χ1) is 8.58. The zero-order valence-corrected chi connectivity index (χ0v) is 12.1. The molecule has 4 heteroatoms. The number of carboxylic acid groups (broad SMARTS) is 1. The van der Waals surface area contributed by atoms with Gasteiger partial charge in [0.25, 0.3) is 0 Å². The summed E-state index contributed by atoms with van der Waals surface area (Å²) >= 11 is 3.45. The molecule has 0 bridgehead atoms. The van der Waals surface area contributed by atoms with Gasteiger partial charge in [0.1, 0.15) is 5.54 Å². The van der Waals surface area contributed by atoms with Gasteiger partial charge in [-0.25, -0.2) is 0 Å². The Kier molecular flexibility index (Phi) is 4.07. The summed E-state index contributed by atoms with van der Waals surface area (Å²) in [6, 6.07) is 8.08. The average Bonchev–Trinajstić information content (AvgIpc) is 2.73. The number of nitrogens with zero attached hydrogens (tertiary/aromatic N) is 1. The molecule has 1 saturated heterocycles. The zero-order chi connectivity index (χ0) is 13.2. The Hall–Kier alpha value is -0.870. The van der Waals surface area contributed by atoms with Crippen molar-refractivity contribution in [2.24, 2.45) is 0 Å². The van der Waals surface area contributed by atoms with Gasteiger partial charge in [-0.15, -0.1) is 0 Å². The standard InChI is InChI=1S/C14H18BrNO2/c1-2-14(13(17)18)7-4-8-16(14)10-11-5-3-6-12(15)9-11/h3,5-6,9H,2,4,7-8,10H2,1H3,(H,17,18). The van der Waals surface area contributed by atoms with Crippen molar-refractivity contribution < 1.29 is 9.90 Å². The molecule has 0 saturated carbocycles. The molecule has 1 fully saturated rings. The lowest BCUT2D eigenvalue weighted by Gasteiger charge is -2.33. The maximum atomic E-state index is 11.6. The molecule has 1 unspecified atom stereocenters. The fourth-order valence-corrected chi connectivity index (χ4v) is 3.26. The highest BCUT2D eigenvalue weighted by Gasteiger charge is 2.45. The lowest BCUT2D eigenvalue weighted by Crippen LogP contribution is -2.49. The molecular formula is C14H18BrNO2. The summed E-state index contributed by atoms with van der Waals surface area (Å²) < 4.78 is 1.04. The lowest BCUT2D eigenvalue weighted by atomic mass is 9.92. The van der Waals surface area contributed by atoms with Gasteiger partial charge in [-0.2, -0.15) is 0 Å². The minimum Gasteiger partial charge on any atom is -0.480 e. The van der Waals surface area contributed by atoms with Gasteiger partial charge in [-0.3, -0.25) is 9.69 Å². The van der Waals surface area contributed by atoms with Gasteiger partial charge in [-0.05, 0) is 43.5 Å². The smallest absolute Gasteiger partial charge is 0.324 e. The molecule has 98 valence electrons. The highest BCUT2D eigenvalue weighted by molar-refractivity contribution is 9.10. The van der Waals surface area contributed by atoms with Gasteiger partial charge in [0, 0.05) is 11.0 Å². The summed E-state index contributed by atoms with van der Waals surface area (Å²) in [7, 11) is 0. The number of hydrogen-bond acceptors (Lipinski definition) is 2. The molecule has 1 N–H and O–H groups in total. The third-order valence-electron chi connectivity index (χ3n) is 3.87. The topological polar surface area (TPSA) is 40.5 Å². The van der Waals surface area contributed by atoms with Crippen molar-refractivity contribution in [3.05, 3.63) is 34.3 Å². The minimum atomic E-state index is -0.683. The quantitative estimate of drug-likeness (QED) is 0.927. The van der Waals surface area contributed by atoms with Crippen LogP contribution in [0.2, 0.25) is 0 Å². The van der Waals surface area contributed by atoms with E-state index in [0.29, 0.717) is 13.0 Å². The van der Waals surface area contributed by atoms with Crippen molar-refractivity contribution in [1.82, 2.24) is 4.90 Å². The average molecular weight is 312 g/mol. The molecule has 1 aliphatic rings. The molecule has 3 nitrogen and oxygen atoms in total. The van der Waals surface area contributed by atoms with E-state index in [1.54, 1.807) is 0 Å². The van der Waals surface area contributed by atoms with Crippen LogP contribution in [0.1, 0.15) is 31.7 Å². The fourth-order valence-electron chi connectivity index (χ4n) is 2.81. The Morgan fingerprint density at radius 2 is 2.33 bits per heavy atom. The summed E-state index contributed by atoms with van der Waals surface area (Å²) in [6.45, 7) is 3.54. The minimum absolute atomic E-state index is 0.663. The van der Waals surface area contributed by atoms with E-state index >= 15 is 0 Å². The van der Waals surface area contributed by atoms with Gasteiger partial charge in [0.2, 0.25) is 0 Å². The molecule has 0 radical (unpaired) electrons. The molecule has 2 rings (SSSR count). The Morgan fingerprint density at radius 3 is 2.94 bits per heavy atom. The predicted octanol–water partition coefficient (Wildman–Crippen LogP) is 3.28. The summed E-state index contributed by atoms with van der Waals surface area (Å²) in [4.78, 5) is 13.7. The highest BCUT2D eigenvalue weighted by atomic mass is 79.9. The van der Waals surface area contributed by atoms with E-state index in [1.807, 2.05) is 25.1 Å². The second kappa shape index (κ2) is 5.41. The maximum Gasteiger partial charge on any atom is 0.324 e. The van der Waals surface area contributed by atoms with Crippen molar-refractivity contribution in [3.8, 4) is 0 Å². The van der Waals surface area contributed by atoms with E-state index in [1.165, 1.54) is 0 Å². The van der Waals surface area contributed by atoms with Gasteiger partial charge < -0.3 is 5.11 Å². The van der Waals surface area contributed by atoms with E-state index in [4.69, 9.17) is 0 Å². The van der Waals surface area contributed by atoms with E-state index in [2.05, 4.69) is 26.9 Å². The van der Waals surface area contributed by atoms with Gasteiger partial charge in [0.15, 0.2) is 0 Å². The molecule has 0 aliphatic carbocycles. The first kappa shape index (κ1) is 13.6. The van der Waals surface area contributed by atoms with E-state index < -0.39 is 11.5 Å². The molecule has 1 aliphatic heterocycles. The number of likely N-dealkylation sites (tertiary alicyclic amines) is 1. The van der Waals surface area contributed by atoms with Crippen molar-refractivity contribution in [2.75, 3.05) is 6.54 Å². The summed E-state index contributed by atoms with van der Waals surface area (Å²) in [5.74, 6) is -0.683. The van der Waals surface area contributed by atoms with Crippen molar-refractivity contribution in [3.63, 3.8) is 0 Å². The van der Waals surface area contributed by atoms with Crippen molar-refractivity contribution in [2.45, 2.75) is 38.3 Å². The second-order valence-electron chi connectivity index (χ2n) is 4.85. The number of rotatable bonds is 4. The molecule has 1 heterocycles. The number of carbonyl (C=O) groups is 1. The van der Waals surface area contributed by atoms with Crippen molar-refractivity contribution >= 4 is 21.9 Å².